The molecule has 4 aromatic rings. The molecule has 2 fully saturated rings. The van der Waals surface area contributed by atoms with E-state index in [1.807, 2.05) is 29.2 Å². The summed E-state index contributed by atoms with van der Waals surface area (Å²) >= 11 is 3.57. The van der Waals surface area contributed by atoms with Crippen molar-refractivity contribution in [2.75, 3.05) is 36.8 Å². The van der Waals surface area contributed by atoms with Gasteiger partial charge in [0.1, 0.15) is 22.2 Å². The summed E-state index contributed by atoms with van der Waals surface area (Å²) in [4.78, 5) is 37.7. The minimum absolute atomic E-state index is 0.0169. The topological polar surface area (TPSA) is 122 Å². The van der Waals surface area contributed by atoms with Gasteiger partial charge in [-0.2, -0.15) is 9.61 Å². The number of rotatable bonds is 2. The van der Waals surface area contributed by atoms with Crippen LogP contribution in [0.3, 0.4) is 0 Å². The summed E-state index contributed by atoms with van der Waals surface area (Å²) in [5.74, 6) is 1.01. The Labute approximate surface area is 196 Å². The van der Waals surface area contributed by atoms with Crippen molar-refractivity contribution in [1.82, 2.24) is 29.8 Å². The van der Waals surface area contributed by atoms with Crippen LogP contribution in [-0.2, 0) is 4.79 Å². The number of nitrogen functional groups attached to an aromatic ring is 1. The fourth-order valence-electron chi connectivity index (χ4n) is 4.49. The molecular formula is C22H19BrN8O2. The van der Waals surface area contributed by atoms with Crippen molar-refractivity contribution in [3.05, 3.63) is 47.2 Å². The number of hydrogen-bond donors (Lipinski definition) is 2. The van der Waals surface area contributed by atoms with Crippen LogP contribution in [0.15, 0.2) is 47.2 Å². The number of amides is 2. The van der Waals surface area contributed by atoms with Crippen LogP contribution in [0.25, 0.3) is 27.7 Å². The van der Waals surface area contributed by atoms with Gasteiger partial charge in [-0.05, 0) is 28.1 Å². The molecule has 2 aliphatic rings. The van der Waals surface area contributed by atoms with Crippen LogP contribution >= 0.6 is 15.9 Å². The lowest BCUT2D eigenvalue weighted by Crippen LogP contribution is -2.65. The number of benzene rings is 1. The number of halogens is 1. The smallest absolute Gasteiger partial charge is 0.318 e. The highest BCUT2D eigenvalue weighted by Gasteiger charge is 2.39. The number of urea groups is 1. The largest absolute Gasteiger partial charge is 0.383 e. The highest BCUT2D eigenvalue weighted by molar-refractivity contribution is 9.10. The second-order valence-corrected chi connectivity index (χ2v) is 8.92. The summed E-state index contributed by atoms with van der Waals surface area (Å²) in [5, 5.41) is 8.09. The summed E-state index contributed by atoms with van der Waals surface area (Å²) in [6.45, 7) is 1.35. The number of carbonyl (C=O) groups excluding carboxylic acids is 2. The van der Waals surface area contributed by atoms with Crippen LogP contribution in [-0.4, -0.2) is 68.5 Å². The first kappa shape index (κ1) is 19.9. The predicted octanol–water partition coefficient (Wildman–Crippen LogP) is 2.07. The molecule has 1 unspecified atom stereocenters. The summed E-state index contributed by atoms with van der Waals surface area (Å²) in [6.07, 6.45) is 3.53. The SMILES string of the molecule is Nc1c(Br)c(N2CCN3C(=O)NCC(=O)C3C2)nc2c(-c3cnc4ccccc4c3)cnn12. The van der Waals surface area contributed by atoms with Crippen molar-refractivity contribution < 1.29 is 9.59 Å². The summed E-state index contributed by atoms with van der Waals surface area (Å²) in [7, 11) is 0. The minimum atomic E-state index is -0.507. The van der Waals surface area contributed by atoms with Gasteiger partial charge < -0.3 is 20.9 Å². The first-order valence-electron chi connectivity index (χ1n) is 10.5. The van der Waals surface area contributed by atoms with Crippen LogP contribution in [0.4, 0.5) is 16.4 Å². The van der Waals surface area contributed by atoms with E-state index in [9.17, 15) is 9.59 Å². The summed E-state index contributed by atoms with van der Waals surface area (Å²) in [6, 6.07) is 9.25. The molecular weight excluding hydrogens is 488 g/mol. The Balaban J connectivity index is 1.44. The molecule has 2 aliphatic heterocycles. The Hall–Kier alpha value is -3.73. The third-order valence-electron chi connectivity index (χ3n) is 6.23. The number of ketones is 1. The number of carbonyl (C=O) groups is 2. The number of nitrogens with two attached hydrogens (primary N) is 1. The van der Waals surface area contributed by atoms with Gasteiger partial charge in [-0.25, -0.2) is 9.78 Å². The van der Waals surface area contributed by atoms with Crippen molar-refractivity contribution in [3.8, 4) is 11.1 Å². The fraction of sp³-hybridized carbons (Fsp3) is 0.227. The minimum Gasteiger partial charge on any atom is -0.383 e. The standard InChI is InChI=1S/C22H19BrN8O2/c23-18-19(24)31-20(14(9-27-31)13-7-12-3-1-2-4-15(12)25-8-13)28-21(18)29-5-6-30-16(11-29)17(32)10-26-22(30)33/h1-4,7-9,16H,5-6,10-11,24H2,(H,26,33). The average molecular weight is 507 g/mol. The molecule has 0 radical (unpaired) electrons. The molecule has 1 atom stereocenters. The van der Waals surface area contributed by atoms with Crippen molar-refractivity contribution in [2.24, 2.45) is 0 Å². The Morgan fingerprint density at radius 3 is 2.88 bits per heavy atom. The van der Waals surface area contributed by atoms with E-state index in [0.29, 0.717) is 41.4 Å². The summed E-state index contributed by atoms with van der Waals surface area (Å²) in [5.41, 5.74) is 9.61. The van der Waals surface area contributed by atoms with Gasteiger partial charge in [0.25, 0.3) is 0 Å². The van der Waals surface area contributed by atoms with Crippen LogP contribution in [0.5, 0.6) is 0 Å². The van der Waals surface area contributed by atoms with E-state index in [0.717, 1.165) is 22.0 Å². The van der Waals surface area contributed by atoms with Gasteiger partial charge in [-0.15, -0.1) is 0 Å². The highest BCUT2D eigenvalue weighted by atomic mass is 79.9. The number of pyridine rings is 1. The molecule has 1 aromatic carbocycles. The van der Waals surface area contributed by atoms with Crippen LogP contribution in [0, 0.1) is 0 Å². The van der Waals surface area contributed by atoms with E-state index in [4.69, 9.17) is 10.7 Å². The van der Waals surface area contributed by atoms with Crippen molar-refractivity contribution >= 4 is 55.9 Å². The fourth-order valence-corrected chi connectivity index (χ4v) is 5.00. The molecule has 6 rings (SSSR count). The third-order valence-corrected chi connectivity index (χ3v) is 6.99. The molecule has 2 amide bonds. The number of para-hydroxylation sites is 1. The van der Waals surface area contributed by atoms with Gasteiger partial charge in [0, 0.05) is 42.3 Å². The van der Waals surface area contributed by atoms with E-state index in [2.05, 4.69) is 37.4 Å². The monoisotopic (exact) mass is 506 g/mol. The molecule has 0 saturated carbocycles. The molecule has 3 aromatic heterocycles. The molecule has 5 heterocycles. The number of piperazine rings is 1. The Morgan fingerprint density at radius 2 is 2.00 bits per heavy atom. The zero-order valence-electron chi connectivity index (χ0n) is 17.4. The number of hydrogen-bond acceptors (Lipinski definition) is 7. The molecule has 0 spiro atoms. The van der Waals surface area contributed by atoms with E-state index in [-0.39, 0.29) is 18.4 Å². The molecule has 0 aliphatic carbocycles. The highest BCUT2D eigenvalue weighted by Crippen LogP contribution is 2.35. The van der Waals surface area contributed by atoms with Gasteiger partial charge in [0.2, 0.25) is 0 Å². The maximum atomic E-state index is 12.5. The van der Waals surface area contributed by atoms with Gasteiger partial charge in [-0.1, -0.05) is 18.2 Å². The Kier molecular flexibility index (Phi) is 4.47. The second kappa shape index (κ2) is 7.41. The van der Waals surface area contributed by atoms with E-state index < -0.39 is 6.04 Å². The van der Waals surface area contributed by atoms with Gasteiger partial charge >= 0.3 is 6.03 Å². The van der Waals surface area contributed by atoms with E-state index in [1.165, 1.54) is 0 Å². The molecule has 10 nitrogen and oxygen atoms in total. The zero-order chi connectivity index (χ0) is 22.7. The average Bonchev–Trinajstić information content (AvgIpc) is 3.27. The Morgan fingerprint density at radius 1 is 1.15 bits per heavy atom. The van der Waals surface area contributed by atoms with Crippen molar-refractivity contribution in [3.63, 3.8) is 0 Å². The molecule has 33 heavy (non-hydrogen) atoms. The maximum absolute atomic E-state index is 12.5. The first-order chi connectivity index (χ1) is 16.0. The number of nitrogens with one attached hydrogen (secondary N) is 1. The van der Waals surface area contributed by atoms with E-state index in [1.54, 1.807) is 21.8 Å². The Bertz CT molecular complexity index is 1450. The lowest BCUT2D eigenvalue weighted by molar-refractivity contribution is -0.123. The number of anilines is 2. The quantitative estimate of drug-likeness (QED) is 0.426. The maximum Gasteiger partial charge on any atom is 0.318 e. The first-order valence-corrected chi connectivity index (χ1v) is 11.3. The van der Waals surface area contributed by atoms with E-state index >= 15 is 0 Å². The van der Waals surface area contributed by atoms with Crippen molar-refractivity contribution in [2.45, 2.75) is 6.04 Å². The number of fused-ring (bicyclic) bond motifs is 3. The van der Waals surface area contributed by atoms with Crippen LogP contribution in [0.2, 0.25) is 0 Å². The zero-order valence-corrected chi connectivity index (χ0v) is 19.0. The van der Waals surface area contributed by atoms with Crippen LogP contribution in [0.1, 0.15) is 0 Å². The molecule has 166 valence electrons. The molecule has 0 bridgehead atoms. The lowest BCUT2D eigenvalue weighted by atomic mass is 10.1. The third kappa shape index (κ3) is 3.10. The lowest BCUT2D eigenvalue weighted by Gasteiger charge is -2.43. The van der Waals surface area contributed by atoms with Gasteiger partial charge in [0.15, 0.2) is 11.4 Å². The number of nitrogens with zero attached hydrogens (tertiary/aromatic N) is 6. The summed E-state index contributed by atoms with van der Waals surface area (Å²) < 4.78 is 2.19. The number of Topliss-reactive ketones (excluding diaryl/α,β-unsaturated/α-hetero) is 1. The molecule has 3 N–H and O–H groups in total. The van der Waals surface area contributed by atoms with Crippen molar-refractivity contribution in [1.29, 1.82) is 0 Å². The van der Waals surface area contributed by atoms with Gasteiger partial charge in [-0.3, -0.25) is 9.78 Å². The molecule has 2 saturated heterocycles. The van der Waals surface area contributed by atoms with Crippen LogP contribution < -0.4 is 16.0 Å². The number of aromatic nitrogens is 4. The normalized spacial score (nSPS) is 18.6. The van der Waals surface area contributed by atoms with Gasteiger partial charge in [0.05, 0.1) is 18.3 Å². The predicted molar refractivity (Wildman–Crippen MR) is 127 cm³/mol. The molecule has 11 heteroatoms. The second-order valence-electron chi connectivity index (χ2n) is 8.13.